The van der Waals surface area contributed by atoms with Crippen molar-refractivity contribution < 1.29 is 14.3 Å². The molecule has 3 heterocycles. The van der Waals surface area contributed by atoms with Crippen molar-refractivity contribution in [2.24, 2.45) is 5.73 Å². The first-order valence-corrected chi connectivity index (χ1v) is 9.63. The van der Waals surface area contributed by atoms with E-state index >= 15 is 4.39 Å². The van der Waals surface area contributed by atoms with Crippen LogP contribution >= 0.6 is 0 Å². The van der Waals surface area contributed by atoms with E-state index in [1.807, 2.05) is 4.57 Å². The molecule has 3 aliphatic rings. The maximum atomic E-state index is 15.2. The van der Waals surface area contributed by atoms with Gasteiger partial charge in [-0.2, -0.15) is 0 Å². The molecule has 0 radical (unpaired) electrons. The van der Waals surface area contributed by atoms with Gasteiger partial charge in [0.1, 0.15) is 11.4 Å². The molecule has 0 bridgehead atoms. The fraction of sp³-hybridized carbons (Fsp3) is 0.500. The Kier molecular flexibility index (Phi) is 3.59. The van der Waals surface area contributed by atoms with Gasteiger partial charge in [0.2, 0.25) is 5.43 Å². The number of hydrogen-bond donors (Lipinski definition) is 2. The third-order valence-corrected chi connectivity index (χ3v) is 6.32. The van der Waals surface area contributed by atoms with E-state index in [9.17, 15) is 14.7 Å². The Labute approximate surface area is 155 Å². The summed E-state index contributed by atoms with van der Waals surface area (Å²) in [6.07, 6.45) is 6.62. The average Bonchev–Trinajstić information content (AvgIpc) is 3.42. The maximum absolute atomic E-state index is 15.2. The van der Waals surface area contributed by atoms with Crippen LogP contribution in [-0.4, -0.2) is 34.3 Å². The molecule has 0 spiro atoms. The van der Waals surface area contributed by atoms with Gasteiger partial charge in [-0.05, 0) is 44.6 Å². The van der Waals surface area contributed by atoms with Crippen molar-refractivity contribution in [2.75, 3.05) is 11.4 Å². The van der Waals surface area contributed by atoms with Gasteiger partial charge in [0.25, 0.3) is 0 Å². The van der Waals surface area contributed by atoms with Crippen molar-refractivity contribution in [1.82, 2.24) is 4.57 Å². The van der Waals surface area contributed by atoms with Crippen molar-refractivity contribution in [2.45, 2.75) is 56.7 Å². The molecule has 1 aliphatic carbocycles. The van der Waals surface area contributed by atoms with Crippen LogP contribution in [0.25, 0.3) is 10.9 Å². The van der Waals surface area contributed by atoms with Crippen LogP contribution in [0.3, 0.4) is 0 Å². The molecular weight excluding hydrogens is 349 g/mol. The van der Waals surface area contributed by atoms with Gasteiger partial charge >= 0.3 is 5.97 Å². The number of carbonyl (C=O) groups is 1. The Morgan fingerprint density at radius 2 is 2.04 bits per heavy atom. The third kappa shape index (κ3) is 2.41. The van der Waals surface area contributed by atoms with Crippen LogP contribution in [-0.2, 0) is 6.42 Å². The molecular formula is C20H22FN3O3. The first kappa shape index (κ1) is 16.7. The predicted molar refractivity (Wildman–Crippen MR) is 100 cm³/mol. The number of aryl methyl sites for hydroxylation is 1. The van der Waals surface area contributed by atoms with Crippen LogP contribution in [0.1, 0.15) is 54.1 Å². The van der Waals surface area contributed by atoms with E-state index in [2.05, 4.69) is 4.90 Å². The number of aromatic nitrogens is 1. The number of anilines is 1. The van der Waals surface area contributed by atoms with Crippen LogP contribution in [0.5, 0.6) is 0 Å². The Morgan fingerprint density at radius 3 is 2.74 bits per heavy atom. The first-order valence-electron chi connectivity index (χ1n) is 9.63. The summed E-state index contributed by atoms with van der Waals surface area (Å²) < 4.78 is 17.1. The van der Waals surface area contributed by atoms with Gasteiger partial charge in [-0.25, -0.2) is 9.18 Å². The van der Waals surface area contributed by atoms with Crippen molar-refractivity contribution in [3.05, 3.63) is 39.4 Å². The predicted octanol–water partition coefficient (Wildman–Crippen LogP) is 2.42. The molecule has 1 saturated heterocycles. The van der Waals surface area contributed by atoms with Gasteiger partial charge in [-0.3, -0.25) is 4.79 Å². The quantitative estimate of drug-likeness (QED) is 0.846. The van der Waals surface area contributed by atoms with E-state index in [-0.39, 0.29) is 29.1 Å². The highest BCUT2D eigenvalue weighted by Gasteiger charge is 2.38. The zero-order valence-electron chi connectivity index (χ0n) is 14.9. The molecule has 2 aromatic rings. The molecule has 5 rings (SSSR count). The number of carboxylic acid groups (broad SMARTS) is 1. The summed E-state index contributed by atoms with van der Waals surface area (Å²) >= 11 is 0. The molecule has 2 aliphatic heterocycles. The molecule has 1 aromatic heterocycles. The summed E-state index contributed by atoms with van der Waals surface area (Å²) in [5.74, 6) is -1.71. The minimum atomic E-state index is -1.27. The fourth-order valence-corrected chi connectivity index (χ4v) is 4.91. The number of rotatable bonds is 2. The van der Waals surface area contributed by atoms with Gasteiger partial charge in [-0.15, -0.1) is 0 Å². The fourth-order valence-electron chi connectivity index (χ4n) is 4.91. The van der Waals surface area contributed by atoms with Crippen molar-refractivity contribution >= 4 is 22.6 Å². The van der Waals surface area contributed by atoms with Crippen LogP contribution in [0.4, 0.5) is 10.1 Å². The number of aromatic carboxylic acids is 1. The zero-order chi connectivity index (χ0) is 18.9. The van der Waals surface area contributed by atoms with E-state index in [1.165, 1.54) is 12.3 Å². The number of carboxylic acids is 1. The van der Waals surface area contributed by atoms with E-state index in [4.69, 9.17) is 5.73 Å². The monoisotopic (exact) mass is 371 g/mol. The summed E-state index contributed by atoms with van der Waals surface area (Å²) in [6.45, 7) is 0.710. The van der Waals surface area contributed by atoms with Crippen LogP contribution < -0.4 is 16.1 Å². The lowest BCUT2D eigenvalue weighted by Crippen LogP contribution is -2.39. The van der Waals surface area contributed by atoms with Gasteiger partial charge in [-0.1, -0.05) is 0 Å². The molecule has 2 fully saturated rings. The van der Waals surface area contributed by atoms with Gasteiger partial charge in [0, 0.05) is 41.8 Å². The highest BCUT2D eigenvalue weighted by atomic mass is 19.1. The number of nitrogens with two attached hydrogens (primary N) is 1. The molecule has 1 saturated carbocycles. The highest BCUT2D eigenvalue weighted by molar-refractivity contribution is 5.95. The molecule has 3 N–H and O–H groups in total. The standard InChI is InChI=1S/C20H22FN3O3/c21-14-8-12-17(24(10-4-5-10)9-13(19(12)25)20(26)27)11-2-1-3-16-15(22)6-7-23(16)18(11)14/h8-10,15-16H,1-7,22H2,(H,26,27)/t15-,16-/m1/s1. The summed E-state index contributed by atoms with van der Waals surface area (Å²) in [7, 11) is 0. The van der Waals surface area contributed by atoms with Gasteiger partial charge < -0.3 is 20.3 Å². The average molecular weight is 371 g/mol. The van der Waals surface area contributed by atoms with E-state index in [0.717, 1.165) is 37.7 Å². The number of nitrogens with zero attached hydrogens (tertiary/aromatic N) is 2. The lowest BCUT2D eigenvalue weighted by molar-refractivity contribution is 0.0695. The molecule has 142 valence electrons. The summed E-state index contributed by atoms with van der Waals surface area (Å²) in [4.78, 5) is 26.4. The summed E-state index contributed by atoms with van der Waals surface area (Å²) in [5.41, 5.74) is 7.48. The van der Waals surface area contributed by atoms with Crippen molar-refractivity contribution in [3.8, 4) is 0 Å². The number of benzene rings is 1. The lowest BCUT2D eigenvalue weighted by atomic mass is 9.99. The summed E-state index contributed by atoms with van der Waals surface area (Å²) in [6, 6.07) is 1.58. The number of pyridine rings is 1. The lowest BCUT2D eigenvalue weighted by Gasteiger charge is -2.29. The maximum Gasteiger partial charge on any atom is 0.341 e. The topological polar surface area (TPSA) is 88.6 Å². The van der Waals surface area contributed by atoms with E-state index in [0.29, 0.717) is 24.2 Å². The van der Waals surface area contributed by atoms with Crippen molar-refractivity contribution in [3.63, 3.8) is 0 Å². The Balaban J connectivity index is 1.86. The number of halogens is 1. The first-order chi connectivity index (χ1) is 13.0. The Morgan fingerprint density at radius 1 is 1.26 bits per heavy atom. The van der Waals surface area contributed by atoms with Crippen LogP contribution in [0.2, 0.25) is 0 Å². The summed E-state index contributed by atoms with van der Waals surface area (Å²) in [5, 5.41) is 9.61. The molecule has 2 atom stereocenters. The Hall–Kier alpha value is -2.41. The van der Waals surface area contributed by atoms with Gasteiger partial charge in [0.15, 0.2) is 0 Å². The SMILES string of the molecule is N[C@@H]1CCN2c3c(F)cc4c(=O)c(C(=O)O)cn(C5CC5)c4c3CCC[C@H]12. The largest absolute Gasteiger partial charge is 0.477 e. The molecule has 0 unspecified atom stereocenters. The third-order valence-electron chi connectivity index (χ3n) is 6.32. The van der Waals surface area contributed by atoms with Gasteiger partial charge in [0.05, 0.1) is 11.2 Å². The second kappa shape index (κ2) is 5.79. The van der Waals surface area contributed by atoms with Crippen LogP contribution in [0.15, 0.2) is 17.1 Å². The van der Waals surface area contributed by atoms with Crippen molar-refractivity contribution in [1.29, 1.82) is 0 Å². The number of hydrogen-bond acceptors (Lipinski definition) is 4. The molecule has 1 aromatic carbocycles. The molecule has 27 heavy (non-hydrogen) atoms. The zero-order valence-corrected chi connectivity index (χ0v) is 14.9. The van der Waals surface area contributed by atoms with E-state index in [1.54, 1.807) is 0 Å². The minimum Gasteiger partial charge on any atom is -0.477 e. The second-order valence-electron chi connectivity index (χ2n) is 8.00. The molecule has 0 amide bonds. The molecule has 7 heteroatoms. The minimum absolute atomic E-state index is 0.0334. The normalized spacial score (nSPS) is 24.6. The second-order valence-corrected chi connectivity index (χ2v) is 8.00. The highest BCUT2D eigenvalue weighted by Crippen LogP contribution is 2.43. The molecule has 6 nitrogen and oxygen atoms in total. The Bertz CT molecular complexity index is 1030. The van der Waals surface area contributed by atoms with E-state index < -0.39 is 17.2 Å². The smallest absolute Gasteiger partial charge is 0.341 e. The van der Waals surface area contributed by atoms with Crippen LogP contribution in [0, 0.1) is 5.82 Å². The number of fused-ring (bicyclic) bond motifs is 5.